The summed E-state index contributed by atoms with van der Waals surface area (Å²) in [5, 5.41) is 24.0. The fraction of sp³-hybridized carbons (Fsp3) is 0.421. The molecule has 9 heteroatoms. The van der Waals surface area contributed by atoms with E-state index < -0.39 is 0 Å². The van der Waals surface area contributed by atoms with Gasteiger partial charge in [-0.25, -0.2) is 4.68 Å². The molecule has 0 aliphatic carbocycles. The zero-order valence-corrected chi connectivity index (χ0v) is 17.8. The number of nitriles is 2. The zero-order chi connectivity index (χ0) is 20.7. The Balaban J connectivity index is 2.63. The lowest BCUT2D eigenvalue weighted by Gasteiger charge is -2.12. The molecule has 0 radical (unpaired) electrons. The van der Waals surface area contributed by atoms with E-state index in [0.717, 1.165) is 5.01 Å². The second kappa shape index (κ2) is 9.50. The molecule has 0 spiro atoms. The minimum atomic E-state index is -0.157. The molecule has 0 N–H and O–H groups in total. The quantitative estimate of drug-likeness (QED) is 0.318. The number of benzene rings is 1. The number of amidine groups is 1. The van der Waals surface area contributed by atoms with Gasteiger partial charge in [0, 0.05) is 23.4 Å². The van der Waals surface area contributed by atoms with Crippen molar-refractivity contribution in [2.24, 2.45) is 9.98 Å². The largest absolute Gasteiger partial charge is 0.496 e. The van der Waals surface area contributed by atoms with Crippen LogP contribution in [0.4, 0.5) is 0 Å². The van der Waals surface area contributed by atoms with Crippen LogP contribution in [0.15, 0.2) is 28.2 Å². The summed E-state index contributed by atoms with van der Waals surface area (Å²) in [7, 11) is 1.53. The molecule has 0 aliphatic heterocycles. The van der Waals surface area contributed by atoms with E-state index in [4.69, 9.17) is 26.9 Å². The Kier molecular flexibility index (Phi) is 7.33. The first-order chi connectivity index (χ1) is 13.3. The highest BCUT2D eigenvalue weighted by molar-refractivity contribution is 7.09. The van der Waals surface area contributed by atoms with Crippen molar-refractivity contribution in [3.63, 3.8) is 0 Å². The van der Waals surface area contributed by atoms with E-state index >= 15 is 0 Å². The second-order valence-corrected chi connectivity index (χ2v) is 8.31. The van der Waals surface area contributed by atoms with E-state index in [-0.39, 0.29) is 11.3 Å². The minimum absolute atomic E-state index is 0.157. The SMILES string of the molecule is COc1ccc(Cl)cc1C(=NC#N)/N=c1\sc(C(C)(C)C)nn1CCCC#N. The smallest absolute Gasteiger partial charge is 0.209 e. The molecule has 0 amide bonds. The zero-order valence-electron chi connectivity index (χ0n) is 16.2. The first-order valence-corrected chi connectivity index (χ1v) is 9.80. The molecule has 0 atom stereocenters. The third kappa shape index (κ3) is 5.41. The highest BCUT2D eigenvalue weighted by Gasteiger charge is 2.20. The van der Waals surface area contributed by atoms with E-state index in [1.807, 2.05) is 0 Å². The van der Waals surface area contributed by atoms with Gasteiger partial charge in [-0.05, 0) is 24.6 Å². The third-order valence-electron chi connectivity index (χ3n) is 3.68. The molecule has 1 aromatic heterocycles. The van der Waals surface area contributed by atoms with Crippen LogP contribution in [-0.4, -0.2) is 22.7 Å². The monoisotopic (exact) mass is 416 g/mol. The molecule has 0 saturated heterocycles. The minimum Gasteiger partial charge on any atom is -0.496 e. The predicted molar refractivity (Wildman–Crippen MR) is 109 cm³/mol. The van der Waals surface area contributed by atoms with Crippen molar-refractivity contribution in [1.82, 2.24) is 9.78 Å². The lowest BCUT2D eigenvalue weighted by Crippen LogP contribution is -2.19. The number of hydrogen-bond donors (Lipinski definition) is 0. The van der Waals surface area contributed by atoms with Gasteiger partial charge in [-0.2, -0.15) is 25.6 Å². The molecule has 146 valence electrons. The first kappa shape index (κ1) is 21.6. The Bertz CT molecular complexity index is 1020. The van der Waals surface area contributed by atoms with Gasteiger partial charge < -0.3 is 4.74 Å². The van der Waals surface area contributed by atoms with Crippen LogP contribution in [0.2, 0.25) is 5.02 Å². The molecule has 1 heterocycles. The molecule has 2 aromatic rings. The Labute approximate surface area is 173 Å². The van der Waals surface area contributed by atoms with Crippen LogP contribution >= 0.6 is 22.9 Å². The fourth-order valence-electron chi connectivity index (χ4n) is 2.29. The summed E-state index contributed by atoms with van der Waals surface area (Å²) in [5.41, 5.74) is 0.362. The summed E-state index contributed by atoms with van der Waals surface area (Å²) >= 11 is 7.55. The molecule has 0 unspecified atom stereocenters. The maximum Gasteiger partial charge on any atom is 0.209 e. The van der Waals surface area contributed by atoms with Crippen LogP contribution < -0.4 is 9.54 Å². The van der Waals surface area contributed by atoms with Gasteiger partial charge in [-0.15, -0.1) is 0 Å². The molecular weight excluding hydrogens is 396 g/mol. The number of halogens is 1. The van der Waals surface area contributed by atoms with Gasteiger partial charge in [0.15, 0.2) is 5.84 Å². The van der Waals surface area contributed by atoms with Crippen molar-refractivity contribution in [1.29, 1.82) is 10.5 Å². The summed E-state index contributed by atoms with van der Waals surface area (Å²) in [6, 6.07) is 7.19. The highest BCUT2D eigenvalue weighted by Crippen LogP contribution is 2.25. The number of ether oxygens (including phenoxy) is 1. The summed E-state index contributed by atoms with van der Waals surface area (Å²) in [5.74, 6) is 0.707. The average molecular weight is 417 g/mol. The average Bonchev–Trinajstić information content (AvgIpc) is 3.05. The van der Waals surface area contributed by atoms with Crippen LogP contribution in [-0.2, 0) is 12.0 Å². The Morgan fingerprint density at radius 1 is 1.36 bits per heavy atom. The number of aryl methyl sites for hydroxylation is 1. The standard InChI is InChI=1S/C19H21ClN6OS/c1-19(2,3)17-25-26(10-6-5-9-21)18(28-17)24-16(23-12-22)14-11-13(20)7-8-15(14)27-4/h7-8,11H,5-6,10H2,1-4H3/b23-16?,24-18-. The van der Waals surface area contributed by atoms with Gasteiger partial charge in [0.05, 0.1) is 18.7 Å². The summed E-state index contributed by atoms with van der Waals surface area (Å²) in [6.07, 6.45) is 2.88. The van der Waals surface area contributed by atoms with E-state index in [1.54, 1.807) is 29.1 Å². The number of aromatic nitrogens is 2. The summed E-state index contributed by atoms with van der Waals surface area (Å²) in [6.45, 7) is 6.75. The lowest BCUT2D eigenvalue weighted by molar-refractivity contribution is 0.414. The molecule has 7 nitrogen and oxygen atoms in total. The lowest BCUT2D eigenvalue weighted by atomic mass is 9.98. The molecule has 28 heavy (non-hydrogen) atoms. The van der Waals surface area contributed by atoms with Crippen molar-refractivity contribution in [2.75, 3.05) is 7.11 Å². The second-order valence-electron chi connectivity index (χ2n) is 6.92. The Hall–Kier alpha value is -2.68. The first-order valence-electron chi connectivity index (χ1n) is 8.61. The number of aliphatic imine (C=N–C) groups is 1. The molecular formula is C19H21ClN6OS. The van der Waals surface area contributed by atoms with Gasteiger partial charge in [0.25, 0.3) is 0 Å². The van der Waals surface area contributed by atoms with E-state index in [2.05, 4.69) is 41.9 Å². The topological polar surface area (TPSA) is 99.3 Å². The van der Waals surface area contributed by atoms with Crippen molar-refractivity contribution >= 4 is 28.8 Å². The number of rotatable bonds is 5. The predicted octanol–water partition coefficient (Wildman–Crippen LogP) is 4.04. The summed E-state index contributed by atoms with van der Waals surface area (Å²) < 4.78 is 7.13. The number of hydrogen-bond acceptors (Lipinski definition) is 6. The maximum atomic E-state index is 9.16. The van der Waals surface area contributed by atoms with Crippen LogP contribution in [0.5, 0.6) is 5.75 Å². The molecule has 1 aromatic carbocycles. The summed E-state index contributed by atoms with van der Waals surface area (Å²) in [4.78, 5) is 9.08. The van der Waals surface area contributed by atoms with Crippen LogP contribution in [0, 0.1) is 22.8 Å². The third-order valence-corrected chi connectivity index (χ3v) is 5.29. The van der Waals surface area contributed by atoms with Gasteiger partial charge in [0.1, 0.15) is 10.8 Å². The van der Waals surface area contributed by atoms with Gasteiger partial charge in [-0.1, -0.05) is 43.7 Å². The van der Waals surface area contributed by atoms with Crippen molar-refractivity contribution < 1.29 is 4.74 Å². The van der Waals surface area contributed by atoms with Gasteiger partial charge in [0.2, 0.25) is 11.0 Å². The van der Waals surface area contributed by atoms with Gasteiger partial charge in [-0.3, -0.25) is 0 Å². The van der Waals surface area contributed by atoms with E-state index in [1.165, 1.54) is 18.4 Å². The highest BCUT2D eigenvalue weighted by atomic mass is 35.5. The number of methoxy groups -OCH3 is 1. The fourth-order valence-corrected chi connectivity index (χ4v) is 3.45. The van der Waals surface area contributed by atoms with Crippen LogP contribution in [0.1, 0.15) is 44.2 Å². The normalized spacial score (nSPS) is 12.5. The number of nitrogens with zero attached hydrogens (tertiary/aromatic N) is 6. The molecule has 2 rings (SSSR count). The van der Waals surface area contributed by atoms with Crippen molar-refractivity contribution in [3.8, 4) is 18.0 Å². The Morgan fingerprint density at radius 3 is 2.71 bits per heavy atom. The maximum absolute atomic E-state index is 9.16. The Morgan fingerprint density at radius 2 is 2.11 bits per heavy atom. The van der Waals surface area contributed by atoms with Crippen molar-refractivity contribution in [3.05, 3.63) is 38.6 Å². The van der Waals surface area contributed by atoms with Crippen molar-refractivity contribution in [2.45, 2.75) is 45.6 Å². The number of unbranched alkanes of at least 4 members (excludes halogenated alkanes) is 1. The molecule has 0 aliphatic rings. The molecule has 0 bridgehead atoms. The molecule has 0 saturated carbocycles. The van der Waals surface area contributed by atoms with Crippen LogP contribution in [0.25, 0.3) is 0 Å². The van der Waals surface area contributed by atoms with Crippen LogP contribution in [0.3, 0.4) is 0 Å². The van der Waals surface area contributed by atoms with Gasteiger partial charge >= 0.3 is 0 Å². The van der Waals surface area contributed by atoms with E-state index in [0.29, 0.717) is 40.5 Å². The molecule has 0 fully saturated rings. The van der Waals surface area contributed by atoms with E-state index in [9.17, 15) is 0 Å².